The van der Waals surface area contributed by atoms with Crippen LogP contribution in [0.4, 0.5) is 0 Å². The molecule has 0 saturated carbocycles. The quantitative estimate of drug-likeness (QED) is 0.444. The molecule has 1 N–H and O–H groups in total. The highest BCUT2D eigenvalue weighted by molar-refractivity contribution is 7.16. The van der Waals surface area contributed by atoms with Gasteiger partial charge in [0, 0.05) is 6.92 Å². The van der Waals surface area contributed by atoms with E-state index in [0.717, 1.165) is 12.8 Å². The average molecular weight is 276 g/mol. The first kappa shape index (κ1) is 20.2. The monoisotopic (exact) mass is 276 g/mol. The molecule has 0 rings (SSSR count). The second-order valence-corrected chi connectivity index (χ2v) is 5.69. The Kier molecular flexibility index (Phi) is 19.0. The number of rotatable bonds is 10. The lowest BCUT2D eigenvalue weighted by atomic mass is 10.00. The summed E-state index contributed by atoms with van der Waals surface area (Å²) in [5.74, 6) is 0.114. The van der Waals surface area contributed by atoms with Crippen LogP contribution in [0.2, 0.25) is 0 Å². The minimum absolute atomic E-state index is 0.833. The predicted molar refractivity (Wildman–Crippen MR) is 84.3 cm³/mol. The van der Waals surface area contributed by atoms with Crippen LogP contribution in [-0.4, -0.2) is 17.2 Å². The van der Waals surface area contributed by atoms with Crippen molar-refractivity contribution in [3.8, 4) is 0 Å². The standard InChI is InChI=1S/C13H29P.C2H4O2/c1-3-4-5-6-7-8-9-10-13(2)11-12-14;1-2(3)4/h13H,3-12,14H2,1-2H3;1H3,(H,3,4). The van der Waals surface area contributed by atoms with E-state index in [0.29, 0.717) is 0 Å². The van der Waals surface area contributed by atoms with Crippen molar-refractivity contribution in [3.63, 3.8) is 0 Å². The first-order valence-corrected chi connectivity index (χ1v) is 8.25. The average Bonchev–Trinajstić information content (AvgIpc) is 2.27. The van der Waals surface area contributed by atoms with Crippen molar-refractivity contribution in [2.75, 3.05) is 6.16 Å². The van der Waals surface area contributed by atoms with E-state index < -0.39 is 5.97 Å². The summed E-state index contributed by atoms with van der Waals surface area (Å²) >= 11 is 0. The van der Waals surface area contributed by atoms with Gasteiger partial charge in [0.05, 0.1) is 0 Å². The molecule has 0 aromatic rings. The van der Waals surface area contributed by atoms with Gasteiger partial charge in [-0.05, 0) is 18.5 Å². The van der Waals surface area contributed by atoms with E-state index in [1.165, 1.54) is 63.9 Å². The van der Waals surface area contributed by atoms with Gasteiger partial charge in [0.2, 0.25) is 0 Å². The summed E-state index contributed by atoms with van der Waals surface area (Å²) in [4.78, 5) is 9.00. The first-order valence-electron chi connectivity index (χ1n) is 7.44. The molecule has 18 heavy (non-hydrogen) atoms. The topological polar surface area (TPSA) is 37.3 Å². The fraction of sp³-hybridized carbons (Fsp3) is 0.933. The summed E-state index contributed by atoms with van der Waals surface area (Å²) in [7, 11) is 2.83. The van der Waals surface area contributed by atoms with Crippen LogP contribution in [0.1, 0.15) is 78.6 Å². The molecule has 0 fully saturated rings. The lowest BCUT2D eigenvalue weighted by molar-refractivity contribution is -0.134. The molecule has 0 aromatic carbocycles. The lowest BCUT2D eigenvalue weighted by Crippen LogP contribution is -1.95. The number of carbonyl (C=O) groups is 1. The number of hydrogen-bond acceptors (Lipinski definition) is 1. The Morgan fingerprint density at radius 3 is 1.94 bits per heavy atom. The zero-order chi connectivity index (χ0) is 14.2. The fourth-order valence-corrected chi connectivity index (χ4v) is 2.45. The van der Waals surface area contributed by atoms with E-state index in [4.69, 9.17) is 9.90 Å². The van der Waals surface area contributed by atoms with Crippen molar-refractivity contribution < 1.29 is 9.90 Å². The van der Waals surface area contributed by atoms with Gasteiger partial charge in [-0.15, -0.1) is 9.24 Å². The maximum Gasteiger partial charge on any atom is 0.300 e. The van der Waals surface area contributed by atoms with Crippen molar-refractivity contribution in [1.29, 1.82) is 0 Å². The van der Waals surface area contributed by atoms with Gasteiger partial charge in [-0.3, -0.25) is 4.79 Å². The molecule has 0 heterocycles. The highest BCUT2D eigenvalue weighted by Crippen LogP contribution is 2.15. The Balaban J connectivity index is 0. The van der Waals surface area contributed by atoms with E-state index in [2.05, 4.69) is 23.1 Å². The molecule has 0 bridgehead atoms. The molecular weight excluding hydrogens is 243 g/mol. The van der Waals surface area contributed by atoms with Crippen LogP contribution in [-0.2, 0) is 4.79 Å². The van der Waals surface area contributed by atoms with Crippen LogP contribution in [0, 0.1) is 5.92 Å². The summed E-state index contributed by atoms with van der Waals surface area (Å²) in [6, 6.07) is 0. The van der Waals surface area contributed by atoms with E-state index in [-0.39, 0.29) is 0 Å². The zero-order valence-electron chi connectivity index (χ0n) is 12.6. The molecule has 0 aromatic heterocycles. The van der Waals surface area contributed by atoms with Crippen molar-refractivity contribution in [3.05, 3.63) is 0 Å². The van der Waals surface area contributed by atoms with Gasteiger partial charge in [0.15, 0.2) is 0 Å². The van der Waals surface area contributed by atoms with Gasteiger partial charge in [-0.1, -0.05) is 65.2 Å². The Labute approximate surface area is 116 Å². The van der Waals surface area contributed by atoms with Gasteiger partial charge in [0.25, 0.3) is 5.97 Å². The maximum atomic E-state index is 9.00. The third kappa shape index (κ3) is 24.9. The summed E-state index contributed by atoms with van der Waals surface area (Å²) in [6.45, 7) is 5.76. The van der Waals surface area contributed by atoms with Crippen LogP contribution in [0.3, 0.4) is 0 Å². The van der Waals surface area contributed by atoms with Crippen LogP contribution in [0.25, 0.3) is 0 Å². The summed E-state index contributed by atoms with van der Waals surface area (Å²) in [5, 5.41) is 7.42. The molecule has 0 radical (unpaired) electrons. The smallest absolute Gasteiger partial charge is 0.300 e. The van der Waals surface area contributed by atoms with E-state index >= 15 is 0 Å². The lowest BCUT2D eigenvalue weighted by Gasteiger charge is -2.08. The Hall–Kier alpha value is -0.100. The number of hydrogen-bond donors (Lipinski definition) is 1. The fourth-order valence-electron chi connectivity index (χ4n) is 1.88. The van der Waals surface area contributed by atoms with Crippen LogP contribution < -0.4 is 0 Å². The van der Waals surface area contributed by atoms with E-state index in [9.17, 15) is 0 Å². The molecule has 3 heteroatoms. The molecule has 2 nitrogen and oxygen atoms in total. The highest BCUT2D eigenvalue weighted by Gasteiger charge is 1.99. The maximum absolute atomic E-state index is 9.00. The minimum atomic E-state index is -0.833. The van der Waals surface area contributed by atoms with Crippen LogP contribution >= 0.6 is 9.24 Å². The molecule has 0 saturated heterocycles. The third-order valence-electron chi connectivity index (χ3n) is 2.96. The van der Waals surface area contributed by atoms with Gasteiger partial charge in [-0.25, -0.2) is 0 Å². The summed E-state index contributed by atoms with van der Waals surface area (Å²) in [5.41, 5.74) is 0. The molecule has 0 aliphatic carbocycles. The predicted octanol–water partition coefficient (Wildman–Crippen LogP) is 5.12. The normalized spacial score (nSPS) is 11.6. The molecule has 2 unspecified atom stereocenters. The summed E-state index contributed by atoms with van der Waals surface area (Å²) < 4.78 is 0. The van der Waals surface area contributed by atoms with Crippen molar-refractivity contribution in [2.24, 2.45) is 5.92 Å². The molecule has 0 aliphatic heterocycles. The SMILES string of the molecule is CC(=O)O.CCCCCCCCCC(C)CCP. The van der Waals surface area contributed by atoms with Gasteiger partial charge in [0.1, 0.15) is 0 Å². The van der Waals surface area contributed by atoms with Crippen LogP contribution in [0.15, 0.2) is 0 Å². The van der Waals surface area contributed by atoms with E-state index in [1.54, 1.807) is 0 Å². The van der Waals surface area contributed by atoms with Crippen molar-refractivity contribution >= 4 is 15.2 Å². The molecule has 2 atom stereocenters. The number of aliphatic carboxylic acids is 1. The molecule has 0 aliphatic rings. The van der Waals surface area contributed by atoms with Crippen molar-refractivity contribution in [2.45, 2.75) is 78.6 Å². The highest BCUT2D eigenvalue weighted by atomic mass is 31.0. The largest absolute Gasteiger partial charge is 0.481 e. The van der Waals surface area contributed by atoms with E-state index in [1.807, 2.05) is 0 Å². The van der Waals surface area contributed by atoms with Crippen molar-refractivity contribution in [1.82, 2.24) is 0 Å². The molecule has 110 valence electrons. The van der Waals surface area contributed by atoms with Gasteiger partial charge < -0.3 is 5.11 Å². The second kappa shape index (κ2) is 16.9. The first-order chi connectivity index (χ1) is 8.54. The van der Waals surface area contributed by atoms with Crippen LogP contribution in [0.5, 0.6) is 0 Å². The Morgan fingerprint density at radius 2 is 1.50 bits per heavy atom. The van der Waals surface area contributed by atoms with Gasteiger partial charge in [-0.2, -0.15) is 0 Å². The Morgan fingerprint density at radius 1 is 1.06 bits per heavy atom. The minimum Gasteiger partial charge on any atom is -0.481 e. The zero-order valence-corrected chi connectivity index (χ0v) is 13.7. The summed E-state index contributed by atoms with van der Waals surface area (Å²) in [6.07, 6.45) is 14.2. The number of carboxylic acids is 1. The molecule has 0 amide bonds. The Bertz CT molecular complexity index is 168. The molecule has 0 spiro atoms. The van der Waals surface area contributed by atoms with Gasteiger partial charge >= 0.3 is 0 Å². The molecular formula is C15H33O2P. The number of carboxylic acid groups (broad SMARTS) is 1. The second-order valence-electron chi connectivity index (χ2n) is 5.11. The number of unbranched alkanes of at least 4 members (excludes halogenated alkanes) is 6. The third-order valence-corrected chi connectivity index (χ3v) is 3.29.